The van der Waals surface area contributed by atoms with Gasteiger partial charge < -0.3 is 24.0 Å². The van der Waals surface area contributed by atoms with Gasteiger partial charge in [0.05, 0.1) is 14.2 Å². The van der Waals surface area contributed by atoms with Crippen molar-refractivity contribution >= 4 is 11.9 Å². The lowest BCUT2D eigenvalue weighted by atomic mass is 9.89. The molecule has 2 aromatic rings. The maximum Gasteiger partial charge on any atom is 0.324 e. The summed E-state index contributed by atoms with van der Waals surface area (Å²) in [6, 6.07) is 12.0. The summed E-state index contributed by atoms with van der Waals surface area (Å²) in [4.78, 5) is 33.6. The van der Waals surface area contributed by atoms with Crippen LogP contribution in [0, 0.1) is 0 Å². The fourth-order valence-electron chi connectivity index (χ4n) is 6.83. The lowest BCUT2D eigenvalue weighted by molar-refractivity contribution is -0.140. The van der Waals surface area contributed by atoms with Crippen LogP contribution in [0.15, 0.2) is 48.2 Å². The van der Waals surface area contributed by atoms with Crippen molar-refractivity contribution in [1.29, 1.82) is 0 Å². The van der Waals surface area contributed by atoms with Crippen LogP contribution in [0.25, 0.3) is 0 Å². The first-order chi connectivity index (χ1) is 19.4. The highest BCUT2D eigenvalue weighted by Crippen LogP contribution is 2.62. The lowest BCUT2D eigenvalue weighted by Crippen LogP contribution is -2.51. The normalized spacial score (nSPS) is 27.1. The van der Waals surface area contributed by atoms with E-state index in [1.807, 2.05) is 45.9 Å². The van der Waals surface area contributed by atoms with Crippen LogP contribution in [0.2, 0.25) is 0 Å². The first-order valence-electron chi connectivity index (χ1n) is 14.5. The second kappa shape index (κ2) is 10.4. The van der Waals surface area contributed by atoms with Gasteiger partial charge in [0.25, 0.3) is 5.91 Å². The largest absolute Gasteiger partial charge is 0.497 e. The molecule has 1 aliphatic carbocycles. The Kier molecular flexibility index (Phi) is 6.88. The summed E-state index contributed by atoms with van der Waals surface area (Å²) in [7, 11) is 3.35. The van der Waals surface area contributed by atoms with E-state index in [1.54, 1.807) is 14.2 Å². The van der Waals surface area contributed by atoms with E-state index in [0.29, 0.717) is 45.6 Å². The maximum atomic E-state index is 13.9. The van der Waals surface area contributed by atoms with E-state index in [1.165, 1.54) is 0 Å². The molecule has 3 amide bonds. The van der Waals surface area contributed by atoms with E-state index in [-0.39, 0.29) is 23.8 Å². The van der Waals surface area contributed by atoms with Gasteiger partial charge in [-0.25, -0.2) is 4.79 Å². The maximum absolute atomic E-state index is 13.9. The predicted octanol–water partition coefficient (Wildman–Crippen LogP) is 4.93. The van der Waals surface area contributed by atoms with Gasteiger partial charge in [0, 0.05) is 73.9 Å². The molecule has 0 spiro atoms. The number of benzene rings is 2. The van der Waals surface area contributed by atoms with E-state index >= 15 is 0 Å². The molecule has 0 bridgehead atoms. The molecule has 1 saturated carbocycles. The number of rotatable bonds is 4. The molecular weight excluding hydrogens is 506 g/mol. The molecule has 2 unspecified atom stereocenters. The molecule has 3 aliphatic heterocycles. The van der Waals surface area contributed by atoms with Crippen LogP contribution in [-0.2, 0) is 11.2 Å². The zero-order valence-electron chi connectivity index (χ0n) is 23.9. The highest BCUT2D eigenvalue weighted by Gasteiger charge is 2.69. The Morgan fingerprint density at radius 1 is 1.07 bits per heavy atom. The number of hydrogen-bond acceptors (Lipinski definition) is 5. The highest BCUT2D eigenvalue weighted by molar-refractivity contribution is 5.92. The van der Waals surface area contributed by atoms with Crippen molar-refractivity contribution in [2.24, 2.45) is 0 Å². The molecule has 0 radical (unpaired) electrons. The van der Waals surface area contributed by atoms with Crippen molar-refractivity contribution in [2.45, 2.75) is 57.0 Å². The van der Waals surface area contributed by atoms with Gasteiger partial charge in [-0.1, -0.05) is 31.2 Å². The molecule has 0 N–H and O–H groups in total. The highest BCUT2D eigenvalue weighted by atomic mass is 16.5. The molecule has 3 atom stereocenters. The van der Waals surface area contributed by atoms with Crippen LogP contribution in [0.3, 0.4) is 0 Å². The Morgan fingerprint density at radius 2 is 1.90 bits per heavy atom. The number of allylic oxidation sites excluding steroid dienone is 2. The fourth-order valence-corrected chi connectivity index (χ4v) is 6.83. The summed E-state index contributed by atoms with van der Waals surface area (Å²) in [5.41, 5.74) is 3.66. The number of likely N-dealkylation sites (N-methyl/N-ethyl adjacent to an activating group) is 1. The zero-order valence-corrected chi connectivity index (χ0v) is 23.9. The molecule has 6 rings (SSSR count). The number of hydrogen-bond donors (Lipinski definition) is 0. The van der Waals surface area contributed by atoms with E-state index in [4.69, 9.17) is 14.2 Å². The van der Waals surface area contributed by atoms with Crippen LogP contribution in [0.5, 0.6) is 17.2 Å². The molecule has 8 nitrogen and oxygen atoms in total. The van der Waals surface area contributed by atoms with Crippen LogP contribution in [-0.4, -0.2) is 79.2 Å². The van der Waals surface area contributed by atoms with Crippen LogP contribution in [0.1, 0.15) is 61.6 Å². The monoisotopic (exact) mass is 545 g/mol. The number of fused-ring (bicyclic) bond motifs is 5. The van der Waals surface area contributed by atoms with Crippen molar-refractivity contribution in [2.75, 3.05) is 46.9 Å². The summed E-state index contributed by atoms with van der Waals surface area (Å²) in [6.07, 6.45) is 5.14. The molecule has 3 heterocycles. The quantitative estimate of drug-likeness (QED) is 0.545. The fraction of sp³-hybridized carbons (Fsp3) is 0.500. The summed E-state index contributed by atoms with van der Waals surface area (Å²) < 4.78 is 17.6. The number of ether oxygens (including phenoxy) is 3. The van der Waals surface area contributed by atoms with Gasteiger partial charge in [0.1, 0.15) is 17.2 Å². The molecule has 40 heavy (non-hydrogen) atoms. The van der Waals surface area contributed by atoms with Gasteiger partial charge in [0.15, 0.2) is 5.60 Å². The summed E-state index contributed by atoms with van der Waals surface area (Å²) in [5, 5.41) is 0. The topological polar surface area (TPSA) is 71.6 Å². The minimum Gasteiger partial charge on any atom is -0.497 e. The summed E-state index contributed by atoms with van der Waals surface area (Å²) in [5.74, 6) is 2.63. The molecule has 212 valence electrons. The number of carbonyl (C=O) groups is 2. The predicted molar refractivity (Wildman–Crippen MR) is 152 cm³/mol. The van der Waals surface area contributed by atoms with Crippen molar-refractivity contribution in [3.8, 4) is 17.2 Å². The molecule has 1 saturated heterocycles. The van der Waals surface area contributed by atoms with Crippen LogP contribution in [0.4, 0.5) is 4.79 Å². The average molecular weight is 546 g/mol. The minimum absolute atomic E-state index is 0.000503. The van der Waals surface area contributed by atoms with Crippen molar-refractivity contribution < 1.29 is 23.8 Å². The van der Waals surface area contributed by atoms with Gasteiger partial charge >= 0.3 is 6.03 Å². The molecule has 8 heteroatoms. The third kappa shape index (κ3) is 4.38. The van der Waals surface area contributed by atoms with E-state index in [9.17, 15) is 9.59 Å². The standard InChI is InChI=1S/C32H39N3O5/c1-5-33-15-16-34(30(36)32-20-26(32)25-10-6-7-11-27(25)40-32)13-8-9-23-17-21(2)29-22(12-14-35(23)31(33)37)18-24(38-3)19-28(29)39-4/h6-7,10-11,17-19,21,26H,5,8-9,12-16,20H2,1-4H3/b23-17-/t21-,26?,32?/m0/s1. The molecule has 2 aromatic carbocycles. The number of carbonyl (C=O) groups excluding carboxylic acids is 2. The molecule has 4 aliphatic rings. The first kappa shape index (κ1) is 26.5. The molecule has 0 aromatic heterocycles. The number of methoxy groups -OCH3 is 2. The number of amides is 3. The minimum atomic E-state index is -0.768. The van der Waals surface area contributed by atoms with Gasteiger partial charge in [-0.15, -0.1) is 0 Å². The van der Waals surface area contributed by atoms with E-state index < -0.39 is 5.60 Å². The number of urea groups is 1. The Hall–Kier alpha value is -3.68. The SMILES string of the molecule is CCN1CCN(C(=O)C23CC2c2ccccc2O3)CCC/C2=C/[C@H](C)c3c(cc(OC)cc3OC)CCN2C1=O. The Labute approximate surface area is 236 Å². The Morgan fingerprint density at radius 3 is 2.65 bits per heavy atom. The number of para-hydroxylation sites is 1. The summed E-state index contributed by atoms with van der Waals surface area (Å²) in [6.45, 7) is 6.95. The molecule has 2 fully saturated rings. The second-order valence-electron chi connectivity index (χ2n) is 11.3. The van der Waals surface area contributed by atoms with E-state index in [0.717, 1.165) is 52.5 Å². The third-order valence-electron chi connectivity index (χ3n) is 9.04. The zero-order chi connectivity index (χ0) is 28.0. The third-order valence-corrected chi connectivity index (χ3v) is 9.04. The van der Waals surface area contributed by atoms with Crippen molar-refractivity contribution in [1.82, 2.24) is 14.7 Å². The Balaban J connectivity index is 1.27. The van der Waals surface area contributed by atoms with Gasteiger partial charge in [-0.3, -0.25) is 9.69 Å². The van der Waals surface area contributed by atoms with Crippen molar-refractivity contribution in [3.63, 3.8) is 0 Å². The van der Waals surface area contributed by atoms with E-state index in [2.05, 4.69) is 25.1 Å². The summed E-state index contributed by atoms with van der Waals surface area (Å²) >= 11 is 0. The average Bonchev–Trinajstić information content (AvgIpc) is 3.60. The number of nitrogens with zero attached hydrogens (tertiary/aromatic N) is 3. The second-order valence-corrected chi connectivity index (χ2v) is 11.3. The van der Waals surface area contributed by atoms with Crippen LogP contribution < -0.4 is 14.2 Å². The van der Waals surface area contributed by atoms with Crippen LogP contribution >= 0.6 is 0 Å². The smallest absolute Gasteiger partial charge is 0.324 e. The van der Waals surface area contributed by atoms with Gasteiger partial charge in [0.2, 0.25) is 0 Å². The first-order valence-corrected chi connectivity index (χ1v) is 14.5. The Bertz CT molecular complexity index is 1360. The van der Waals surface area contributed by atoms with Gasteiger partial charge in [-0.05, 0) is 43.9 Å². The van der Waals surface area contributed by atoms with Gasteiger partial charge in [-0.2, -0.15) is 0 Å². The van der Waals surface area contributed by atoms with Crippen molar-refractivity contribution in [3.05, 3.63) is 64.9 Å². The lowest BCUT2D eigenvalue weighted by Gasteiger charge is -2.37. The molecular formula is C32H39N3O5.